The number of aromatic nitrogens is 2. The van der Waals surface area contributed by atoms with Crippen LogP contribution in [0.15, 0.2) is 82.8 Å². The van der Waals surface area contributed by atoms with E-state index in [1.807, 2.05) is 58.9 Å². The minimum atomic E-state index is -3.76. The Bertz CT molecular complexity index is 1460. The summed E-state index contributed by atoms with van der Waals surface area (Å²) in [6, 6.07) is 18.2. The van der Waals surface area contributed by atoms with Gasteiger partial charge in [-0.3, -0.25) is 0 Å². The molecule has 0 amide bonds. The Morgan fingerprint density at radius 1 is 1.20 bits per heavy atom. The quantitative estimate of drug-likeness (QED) is 0.378. The van der Waals surface area contributed by atoms with Crippen molar-refractivity contribution < 1.29 is 8.42 Å². The molecule has 0 radical (unpaired) electrons. The lowest BCUT2D eigenvalue weighted by Gasteiger charge is -2.40. The molecular formula is C26H25N5O2S2. The highest BCUT2D eigenvalue weighted by molar-refractivity contribution is 7.89. The van der Waals surface area contributed by atoms with Crippen LogP contribution in [0.3, 0.4) is 0 Å². The van der Waals surface area contributed by atoms with Crippen molar-refractivity contribution in [2.45, 2.75) is 30.4 Å². The molecule has 1 aliphatic heterocycles. The first-order valence-electron chi connectivity index (χ1n) is 11.3. The first-order valence-corrected chi connectivity index (χ1v) is 13.6. The van der Waals surface area contributed by atoms with E-state index in [1.54, 1.807) is 46.2 Å². The molecule has 1 aliphatic rings. The number of nitrogens with zero attached hydrogens (tertiary/aromatic N) is 5. The summed E-state index contributed by atoms with van der Waals surface area (Å²) in [4.78, 5) is 6.72. The maximum atomic E-state index is 13.9. The molecule has 0 N–H and O–H groups in total. The van der Waals surface area contributed by atoms with Gasteiger partial charge in [-0.15, -0.1) is 0 Å². The predicted octanol–water partition coefficient (Wildman–Crippen LogP) is 4.18. The Balaban J connectivity index is 1.57. The van der Waals surface area contributed by atoms with Gasteiger partial charge in [-0.05, 0) is 64.7 Å². The Hall–Kier alpha value is -3.45. The second-order valence-corrected chi connectivity index (χ2v) is 11.4. The number of aryl methyl sites for hydroxylation is 1. The van der Waals surface area contributed by atoms with Gasteiger partial charge in [0.15, 0.2) is 0 Å². The zero-order valence-corrected chi connectivity index (χ0v) is 20.9. The number of benzene rings is 2. The van der Waals surface area contributed by atoms with Crippen molar-refractivity contribution >= 4 is 27.0 Å². The van der Waals surface area contributed by atoms with E-state index < -0.39 is 10.0 Å². The first-order chi connectivity index (χ1) is 17.0. The summed E-state index contributed by atoms with van der Waals surface area (Å²) in [6.45, 7) is 1.40. The van der Waals surface area contributed by atoms with Crippen LogP contribution in [-0.4, -0.2) is 34.9 Å². The summed E-state index contributed by atoms with van der Waals surface area (Å²) in [5.74, 6) is 0. The molecule has 0 aliphatic carbocycles. The Labute approximate surface area is 209 Å². The topological polar surface area (TPSA) is 82.2 Å². The van der Waals surface area contributed by atoms with Crippen molar-refractivity contribution in [2.24, 2.45) is 7.05 Å². The van der Waals surface area contributed by atoms with E-state index in [-0.39, 0.29) is 17.5 Å². The predicted molar refractivity (Wildman–Crippen MR) is 136 cm³/mol. The van der Waals surface area contributed by atoms with Crippen molar-refractivity contribution in [1.29, 1.82) is 5.26 Å². The number of rotatable bonds is 7. The van der Waals surface area contributed by atoms with Crippen LogP contribution in [0.4, 0.5) is 5.69 Å². The van der Waals surface area contributed by atoms with Crippen LogP contribution < -0.4 is 4.90 Å². The molecule has 9 heteroatoms. The van der Waals surface area contributed by atoms with E-state index in [0.717, 1.165) is 22.5 Å². The summed E-state index contributed by atoms with van der Waals surface area (Å²) >= 11 is 1.56. The van der Waals surface area contributed by atoms with E-state index in [0.29, 0.717) is 25.1 Å². The Morgan fingerprint density at radius 3 is 2.71 bits per heavy atom. The fraction of sp³-hybridized carbons (Fsp3) is 0.231. The second kappa shape index (κ2) is 9.66. The van der Waals surface area contributed by atoms with Crippen molar-refractivity contribution in [1.82, 2.24) is 13.9 Å². The number of sulfonamides is 1. The maximum Gasteiger partial charge on any atom is 0.243 e. The summed E-state index contributed by atoms with van der Waals surface area (Å²) in [7, 11) is -1.81. The first kappa shape index (κ1) is 23.3. The van der Waals surface area contributed by atoms with Crippen molar-refractivity contribution in [3.8, 4) is 6.07 Å². The lowest BCUT2D eigenvalue weighted by Crippen LogP contribution is -2.50. The van der Waals surface area contributed by atoms with Crippen molar-refractivity contribution in [3.63, 3.8) is 0 Å². The van der Waals surface area contributed by atoms with Crippen molar-refractivity contribution in [3.05, 3.63) is 100 Å². The average Bonchev–Trinajstić information content (AvgIpc) is 3.54. The second-order valence-electron chi connectivity index (χ2n) is 8.68. The van der Waals surface area contributed by atoms with E-state index in [1.165, 1.54) is 0 Å². The van der Waals surface area contributed by atoms with Crippen LogP contribution >= 0.6 is 11.3 Å². The Kier molecular flexibility index (Phi) is 6.43. The highest BCUT2D eigenvalue weighted by Gasteiger charge is 2.36. The molecule has 1 atom stereocenters. The number of nitriles is 1. The fourth-order valence-electron chi connectivity index (χ4n) is 4.57. The number of imidazole rings is 1. The minimum absolute atomic E-state index is 0.282. The SMILES string of the molecule is Cn1cncc1CN1C[C@H](N(Cc2ccsc2)S(=O)(=O)c2ccccc2)Cc2cc(C#N)ccc21. The molecule has 178 valence electrons. The highest BCUT2D eigenvalue weighted by atomic mass is 32.2. The van der Waals surface area contributed by atoms with Crippen LogP contribution in [0, 0.1) is 11.3 Å². The average molecular weight is 504 g/mol. The molecule has 4 aromatic rings. The van der Waals surface area contributed by atoms with Gasteiger partial charge >= 0.3 is 0 Å². The van der Waals surface area contributed by atoms with Gasteiger partial charge in [0.05, 0.1) is 35.1 Å². The lowest BCUT2D eigenvalue weighted by molar-refractivity contribution is 0.302. The number of hydrogen-bond donors (Lipinski definition) is 0. The van der Waals surface area contributed by atoms with Crippen molar-refractivity contribution in [2.75, 3.05) is 11.4 Å². The molecule has 7 nitrogen and oxygen atoms in total. The molecule has 0 spiro atoms. The van der Waals surface area contributed by atoms with Gasteiger partial charge in [-0.2, -0.15) is 20.9 Å². The molecule has 35 heavy (non-hydrogen) atoms. The smallest absolute Gasteiger partial charge is 0.243 e. The monoisotopic (exact) mass is 503 g/mol. The van der Waals surface area contributed by atoms with Crippen LogP contribution in [0.5, 0.6) is 0 Å². The highest BCUT2D eigenvalue weighted by Crippen LogP contribution is 2.34. The molecular weight excluding hydrogens is 478 g/mol. The van der Waals surface area contributed by atoms with Gasteiger partial charge in [0.1, 0.15) is 0 Å². The third-order valence-electron chi connectivity index (χ3n) is 6.38. The van der Waals surface area contributed by atoms with E-state index in [2.05, 4.69) is 16.0 Å². The third kappa shape index (κ3) is 4.73. The Morgan fingerprint density at radius 2 is 2.03 bits per heavy atom. The van der Waals surface area contributed by atoms with E-state index >= 15 is 0 Å². The van der Waals surface area contributed by atoms with E-state index in [9.17, 15) is 13.7 Å². The summed E-state index contributed by atoms with van der Waals surface area (Å²) in [6.07, 6.45) is 4.12. The lowest BCUT2D eigenvalue weighted by atomic mass is 9.95. The van der Waals surface area contributed by atoms with Crippen LogP contribution in [0.2, 0.25) is 0 Å². The molecule has 0 saturated carbocycles. The summed E-state index contributed by atoms with van der Waals surface area (Å²) in [5, 5.41) is 13.4. The van der Waals surface area contributed by atoms with Gasteiger partial charge in [0, 0.05) is 38.1 Å². The van der Waals surface area contributed by atoms with Crippen LogP contribution in [0.1, 0.15) is 22.4 Å². The van der Waals surface area contributed by atoms with Gasteiger partial charge < -0.3 is 9.47 Å². The molecule has 0 fully saturated rings. The zero-order chi connectivity index (χ0) is 24.4. The number of fused-ring (bicyclic) bond motifs is 1. The van der Waals surface area contributed by atoms with E-state index in [4.69, 9.17) is 0 Å². The number of anilines is 1. The molecule has 2 aromatic carbocycles. The zero-order valence-electron chi connectivity index (χ0n) is 19.3. The van der Waals surface area contributed by atoms with Gasteiger partial charge in [-0.25, -0.2) is 13.4 Å². The normalized spacial score (nSPS) is 15.7. The molecule has 5 rings (SSSR count). The standard InChI is InChI=1S/C26H25N5O2S2/c1-29-19-28-14-24(29)17-30-16-23(12-22-11-20(13-27)7-8-26(22)30)31(15-21-9-10-34-18-21)35(32,33)25-5-3-2-4-6-25/h2-11,14,18-19,23H,12,15-17H2,1H3/t23-/m1/s1. The molecule has 0 unspecified atom stereocenters. The van der Waals surface area contributed by atoms with Gasteiger partial charge in [0.25, 0.3) is 0 Å². The maximum absolute atomic E-state index is 13.9. The largest absolute Gasteiger partial charge is 0.364 e. The minimum Gasteiger partial charge on any atom is -0.364 e. The fourth-order valence-corrected chi connectivity index (χ4v) is 6.86. The van der Waals surface area contributed by atoms with Crippen LogP contribution in [0.25, 0.3) is 0 Å². The van der Waals surface area contributed by atoms with Gasteiger partial charge in [-0.1, -0.05) is 18.2 Å². The summed E-state index contributed by atoms with van der Waals surface area (Å²) in [5.41, 5.74) is 4.55. The number of hydrogen-bond acceptors (Lipinski definition) is 6. The third-order valence-corrected chi connectivity index (χ3v) is 9.03. The number of thiophene rings is 1. The molecule has 3 heterocycles. The van der Waals surface area contributed by atoms with Gasteiger partial charge in [0.2, 0.25) is 10.0 Å². The molecule has 2 aromatic heterocycles. The van der Waals surface area contributed by atoms with Crippen LogP contribution in [-0.2, 0) is 36.6 Å². The molecule has 0 saturated heterocycles. The molecule has 0 bridgehead atoms. The summed E-state index contributed by atoms with van der Waals surface area (Å²) < 4.78 is 31.4.